The molecule has 2 saturated heterocycles. The van der Waals surface area contributed by atoms with Crippen LogP contribution in [0.4, 0.5) is 0 Å². The number of fused-ring (bicyclic) bond motifs is 5. The van der Waals surface area contributed by atoms with Gasteiger partial charge in [0.25, 0.3) is 5.91 Å². The molecule has 200 valence electrons. The first-order valence-corrected chi connectivity index (χ1v) is 14.3. The second kappa shape index (κ2) is 9.86. The number of nitrogens with zero attached hydrogens (tertiary/aromatic N) is 1. The summed E-state index contributed by atoms with van der Waals surface area (Å²) in [5.74, 6) is 1.70. The molecular formula is C28H47NO6. The van der Waals surface area contributed by atoms with Gasteiger partial charge in [-0.2, -0.15) is 0 Å². The van der Waals surface area contributed by atoms with Crippen LogP contribution in [-0.4, -0.2) is 81.9 Å². The molecule has 1 amide bonds. The van der Waals surface area contributed by atoms with Gasteiger partial charge in [-0.3, -0.25) is 4.79 Å². The Balaban J connectivity index is 1.31. The molecule has 0 aromatic rings. The summed E-state index contributed by atoms with van der Waals surface area (Å²) in [5.41, 5.74) is -1.01. The fraction of sp³-hybridized carbons (Fsp3) is 0.964. The van der Waals surface area contributed by atoms with Crippen molar-refractivity contribution in [2.75, 3.05) is 26.4 Å². The SMILES string of the molecule is C[C@]12CC[C@H]3[C@@H](CC[C@@]4(O)C[C@@H](OC[C@H](O)CO)CC[C@]34C)[C@@H]1CCCN2C(=O)[C@H]1CCCCO1. The Bertz CT molecular complexity index is 773. The number of hydrogen-bond acceptors (Lipinski definition) is 6. The topological polar surface area (TPSA) is 99.5 Å². The Labute approximate surface area is 210 Å². The summed E-state index contributed by atoms with van der Waals surface area (Å²) in [7, 11) is 0. The van der Waals surface area contributed by atoms with Gasteiger partial charge >= 0.3 is 0 Å². The van der Waals surface area contributed by atoms with Crippen LogP contribution >= 0.6 is 0 Å². The lowest BCUT2D eigenvalue weighted by molar-refractivity contribution is -0.232. The third-order valence-corrected chi connectivity index (χ3v) is 11.1. The Hall–Kier alpha value is -0.730. The molecular weight excluding hydrogens is 446 g/mol. The van der Waals surface area contributed by atoms with Gasteiger partial charge in [-0.15, -0.1) is 0 Å². The fourth-order valence-corrected chi connectivity index (χ4v) is 9.01. The zero-order valence-electron chi connectivity index (χ0n) is 21.8. The Morgan fingerprint density at radius 3 is 2.63 bits per heavy atom. The van der Waals surface area contributed by atoms with E-state index in [4.69, 9.17) is 14.6 Å². The number of aliphatic hydroxyl groups is 3. The summed E-state index contributed by atoms with van der Waals surface area (Å²) in [4.78, 5) is 15.8. The van der Waals surface area contributed by atoms with Gasteiger partial charge in [0.1, 0.15) is 12.2 Å². The molecule has 0 bridgehead atoms. The van der Waals surface area contributed by atoms with Crippen LogP contribution in [0.25, 0.3) is 0 Å². The van der Waals surface area contributed by atoms with E-state index in [1.165, 1.54) is 6.42 Å². The molecule has 9 atom stereocenters. The number of carbonyl (C=O) groups is 1. The Morgan fingerprint density at radius 2 is 1.89 bits per heavy atom. The Kier molecular flexibility index (Phi) is 7.30. The van der Waals surface area contributed by atoms with E-state index in [9.17, 15) is 15.0 Å². The highest BCUT2D eigenvalue weighted by Gasteiger charge is 2.64. The van der Waals surface area contributed by atoms with Crippen LogP contribution in [0.2, 0.25) is 0 Å². The average molecular weight is 494 g/mol. The molecule has 3 aliphatic carbocycles. The first-order valence-electron chi connectivity index (χ1n) is 14.3. The highest BCUT2D eigenvalue weighted by molar-refractivity contribution is 5.82. The van der Waals surface area contributed by atoms with Crippen molar-refractivity contribution < 1.29 is 29.6 Å². The zero-order chi connectivity index (χ0) is 24.8. The van der Waals surface area contributed by atoms with Crippen molar-refractivity contribution in [2.24, 2.45) is 23.2 Å². The van der Waals surface area contributed by atoms with Crippen LogP contribution in [0.3, 0.4) is 0 Å². The number of rotatable bonds is 5. The summed E-state index contributed by atoms with van der Waals surface area (Å²) in [6, 6.07) is 0. The van der Waals surface area contributed by atoms with E-state index in [2.05, 4.69) is 18.7 Å². The predicted molar refractivity (Wildman–Crippen MR) is 132 cm³/mol. The molecule has 35 heavy (non-hydrogen) atoms. The van der Waals surface area contributed by atoms with Gasteiger partial charge in [0.15, 0.2) is 0 Å². The van der Waals surface area contributed by atoms with Gasteiger partial charge in [-0.1, -0.05) is 6.92 Å². The van der Waals surface area contributed by atoms with Gasteiger partial charge < -0.3 is 29.7 Å². The molecule has 3 saturated carbocycles. The summed E-state index contributed by atoms with van der Waals surface area (Å²) in [6.45, 7) is 6.03. The lowest BCUT2D eigenvalue weighted by atomic mass is 9.43. The van der Waals surface area contributed by atoms with E-state index in [0.29, 0.717) is 30.8 Å². The molecule has 0 aromatic carbocycles. The maximum atomic E-state index is 13.6. The molecule has 0 radical (unpaired) electrons. The average Bonchev–Trinajstić information content (AvgIpc) is 2.87. The molecule has 0 unspecified atom stereocenters. The van der Waals surface area contributed by atoms with Gasteiger partial charge in [0.05, 0.1) is 24.9 Å². The summed E-state index contributed by atoms with van der Waals surface area (Å²) < 4.78 is 11.8. The number of amides is 1. The van der Waals surface area contributed by atoms with Crippen molar-refractivity contribution in [3.05, 3.63) is 0 Å². The molecule has 5 rings (SSSR count). The van der Waals surface area contributed by atoms with Crippen molar-refractivity contribution in [1.82, 2.24) is 4.90 Å². The number of piperidine rings is 1. The van der Waals surface area contributed by atoms with Crippen molar-refractivity contribution in [3.8, 4) is 0 Å². The predicted octanol–water partition coefficient (Wildman–Crippen LogP) is 3.03. The number of ether oxygens (including phenoxy) is 2. The second-order valence-electron chi connectivity index (χ2n) is 12.8. The van der Waals surface area contributed by atoms with Crippen LogP contribution < -0.4 is 0 Å². The molecule has 2 heterocycles. The third kappa shape index (κ3) is 4.37. The first-order chi connectivity index (χ1) is 16.7. The first kappa shape index (κ1) is 25.9. The highest BCUT2D eigenvalue weighted by Crippen LogP contribution is 2.65. The maximum Gasteiger partial charge on any atom is 0.252 e. The normalized spacial score (nSPS) is 46.8. The number of hydrogen-bond donors (Lipinski definition) is 3. The monoisotopic (exact) mass is 493 g/mol. The smallest absolute Gasteiger partial charge is 0.252 e. The fourth-order valence-electron chi connectivity index (χ4n) is 9.01. The molecule has 5 aliphatic rings. The summed E-state index contributed by atoms with van der Waals surface area (Å²) in [5, 5.41) is 30.8. The summed E-state index contributed by atoms with van der Waals surface area (Å²) in [6.07, 6.45) is 10.3. The van der Waals surface area contributed by atoms with Gasteiger partial charge in [0, 0.05) is 25.1 Å². The zero-order valence-corrected chi connectivity index (χ0v) is 21.8. The minimum absolute atomic E-state index is 0.0713. The maximum absolute atomic E-state index is 13.6. The van der Waals surface area contributed by atoms with Crippen LogP contribution in [0, 0.1) is 23.2 Å². The minimum atomic E-state index is -0.860. The number of carbonyl (C=O) groups excluding carboxylic acids is 1. The minimum Gasteiger partial charge on any atom is -0.394 e. The highest BCUT2D eigenvalue weighted by atomic mass is 16.5. The Morgan fingerprint density at radius 1 is 1.06 bits per heavy atom. The van der Waals surface area contributed by atoms with Crippen LogP contribution in [0.1, 0.15) is 90.9 Å². The van der Waals surface area contributed by atoms with Gasteiger partial charge in [-0.25, -0.2) is 0 Å². The van der Waals surface area contributed by atoms with E-state index in [0.717, 1.165) is 70.8 Å². The molecule has 0 aromatic heterocycles. The largest absolute Gasteiger partial charge is 0.394 e. The van der Waals surface area contributed by atoms with Crippen molar-refractivity contribution in [3.63, 3.8) is 0 Å². The van der Waals surface area contributed by atoms with Crippen molar-refractivity contribution >= 4 is 5.91 Å². The molecule has 2 aliphatic heterocycles. The van der Waals surface area contributed by atoms with Crippen LogP contribution in [0.5, 0.6) is 0 Å². The number of aliphatic hydroxyl groups excluding tert-OH is 2. The van der Waals surface area contributed by atoms with Gasteiger partial charge in [0.2, 0.25) is 0 Å². The van der Waals surface area contributed by atoms with E-state index in [-0.39, 0.29) is 42.3 Å². The van der Waals surface area contributed by atoms with Crippen molar-refractivity contribution in [2.45, 2.75) is 120 Å². The number of likely N-dealkylation sites (tertiary alicyclic amines) is 1. The van der Waals surface area contributed by atoms with Gasteiger partial charge in [-0.05, 0) is 101 Å². The van der Waals surface area contributed by atoms with Crippen LogP contribution in [-0.2, 0) is 14.3 Å². The second-order valence-corrected chi connectivity index (χ2v) is 12.8. The summed E-state index contributed by atoms with van der Waals surface area (Å²) >= 11 is 0. The van der Waals surface area contributed by atoms with E-state index >= 15 is 0 Å². The van der Waals surface area contributed by atoms with E-state index in [1.54, 1.807) is 0 Å². The lowest BCUT2D eigenvalue weighted by Crippen LogP contribution is -2.68. The standard InChI is InChI=1S/C28H47NO6/c1-26-11-8-20(35-18-19(31)17-30)16-28(26,33)13-9-21-22(26)10-12-27(2)23(21)6-5-14-29(27)25(32)24-7-3-4-15-34-24/h19-24,30-31,33H,3-18H2,1-2H3/t19-,20+,21-,22+,23+,24-,26-,27+,28-/m1/s1. The van der Waals surface area contributed by atoms with Crippen molar-refractivity contribution in [1.29, 1.82) is 0 Å². The molecule has 3 N–H and O–H groups in total. The molecule has 7 heteroatoms. The third-order valence-electron chi connectivity index (χ3n) is 11.1. The quantitative estimate of drug-likeness (QED) is 0.545. The van der Waals surface area contributed by atoms with Crippen LogP contribution in [0.15, 0.2) is 0 Å². The molecule has 5 fully saturated rings. The molecule has 7 nitrogen and oxygen atoms in total. The van der Waals surface area contributed by atoms with E-state index < -0.39 is 11.7 Å². The molecule has 0 spiro atoms. The lowest BCUT2D eigenvalue weighted by Gasteiger charge is -2.66. The van der Waals surface area contributed by atoms with E-state index in [1.807, 2.05) is 0 Å².